The predicted octanol–water partition coefficient (Wildman–Crippen LogP) is 4.03. The molecule has 6 rings (SSSR count). The van der Waals surface area contributed by atoms with Crippen LogP contribution in [0.25, 0.3) is 23.0 Å². The van der Waals surface area contributed by atoms with Gasteiger partial charge in [0.2, 0.25) is 0 Å². The molecule has 5 aromatic rings. The first-order chi connectivity index (χ1) is 20.5. The van der Waals surface area contributed by atoms with E-state index in [1.54, 1.807) is 23.1 Å². The summed E-state index contributed by atoms with van der Waals surface area (Å²) in [5.74, 6) is 2.14. The lowest BCUT2D eigenvalue weighted by atomic mass is 9.96. The van der Waals surface area contributed by atoms with Gasteiger partial charge in [-0.05, 0) is 55.3 Å². The first kappa shape index (κ1) is 26.9. The number of fused-ring (bicyclic) bond motifs is 1. The van der Waals surface area contributed by atoms with Gasteiger partial charge in [0.05, 0.1) is 40.3 Å². The Hall–Kier alpha value is -5.33. The number of allylic oxidation sites excluding steroid dienone is 1. The van der Waals surface area contributed by atoms with Crippen molar-refractivity contribution in [1.29, 1.82) is 0 Å². The molecule has 0 radical (unpaired) electrons. The number of aromatic nitrogens is 4. The lowest BCUT2D eigenvalue weighted by molar-refractivity contribution is -0.139. The van der Waals surface area contributed by atoms with Crippen molar-refractivity contribution in [2.24, 2.45) is 4.99 Å². The van der Waals surface area contributed by atoms with Gasteiger partial charge in [-0.25, -0.2) is 14.5 Å². The summed E-state index contributed by atoms with van der Waals surface area (Å²) in [6, 6.07) is 24.1. The van der Waals surface area contributed by atoms with E-state index in [1.165, 1.54) is 11.3 Å². The average molecular weight is 572 g/mol. The Balaban J connectivity index is 1.34. The number of carbonyl (C=O) groups excluding carboxylic acids is 1. The van der Waals surface area contributed by atoms with E-state index in [9.17, 15) is 9.59 Å². The molecule has 2 aromatic heterocycles. The van der Waals surface area contributed by atoms with Crippen molar-refractivity contribution in [2.45, 2.75) is 19.9 Å². The van der Waals surface area contributed by atoms with Gasteiger partial charge in [-0.2, -0.15) is 0 Å². The van der Waals surface area contributed by atoms with Crippen LogP contribution in [0.3, 0.4) is 0 Å². The van der Waals surface area contributed by atoms with E-state index in [2.05, 4.69) is 21.2 Å². The molecular weight excluding hydrogens is 546 g/mol. The van der Waals surface area contributed by atoms with Gasteiger partial charge in [0.1, 0.15) is 5.69 Å². The standard InChI is InChI=1S/C33H25N5O3S/c1-4-22-11-15-24(16-12-22)27-20-37(36-35-27)26-17-13-23(14-18-26)19-28-31(39)38-30(25-9-7-6-8-10-25)29(32(40)41-5-2)21(3)34-33(38)42-28/h1,6-20,30H,5H2,2-3H3/b28-19-. The van der Waals surface area contributed by atoms with Crippen LogP contribution in [0.5, 0.6) is 0 Å². The lowest BCUT2D eigenvalue weighted by Crippen LogP contribution is -2.39. The molecule has 9 heteroatoms. The monoisotopic (exact) mass is 571 g/mol. The highest BCUT2D eigenvalue weighted by molar-refractivity contribution is 7.07. The molecule has 1 aliphatic rings. The number of nitrogens with zero attached hydrogens (tertiary/aromatic N) is 5. The number of thiazole rings is 1. The second-order valence-corrected chi connectivity index (χ2v) is 10.6. The number of benzene rings is 3. The van der Waals surface area contributed by atoms with Crippen molar-refractivity contribution in [1.82, 2.24) is 19.6 Å². The molecule has 8 nitrogen and oxygen atoms in total. The molecule has 1 unspecified atom stereocenters. The molecule has 0 saturated heterocycles. The molecule has 1 atom stereocenters. The van der Waals surface area contributed by atoms with Crippen molar-refractivity contribution in [2.75, 3.05) is 6.61 Å². The Morgan fingerprint density at radius 3 is 2.50 bits per heavy atom. The molecule has 0 bridgehead atoms. The summed E-state index contributed by atoms with van der Waals surface area (Å²) >= 11 is 1.29. The Morgan fingerprint density at radius 2 is 1.81 bits per heavy atom. The van der Waals surface area contributed by atoms with E-state index in [-0.39, 0.29) is 12.2 Å². The third-order valence-electron chi connectivity index (χ3n) is 6.93. The molecule has 1 aliphatic heterocycles. The SMILES string of the molecule is C#Cc1ccc(-c2cn(-c3ccc(/C=c4\sc5n(c4=O)C(c4ccccc4)C(C(=O)OCC)=C(C)N=5)cc3)nn2)cc1. The Labute approximate surface area is 245 Å². The van der Waals surface area contributed by atoms with Crippen molar-refractivity contribution in [3.8, 4) is 29.3 Å². The van der Waals surface area contributed by atoms with Crippen LogP contribution in [0.15, 0.2) is 106 Å². The van der Waals surface area contributed by atoms with E-state index in [0.29, 0.717) is 20.6 Å². The highest BCUT2D eigenvalue weighted by Crippen LogP contribution is 2.30. The van der Waals surface area contributed by atoms with Crippen molar-refractivity contribution < 1.29 is 9.53 Å². The number of rotatable bonds is 6. The Morgan fingerprint density at radius 1 is 1.07 bits per heavy atom. The molecule has 0 saturated carbocycles. The number of carbonyl (C=O) groups is 1. The minimum Gasteiger partial charge on any atom is -0.463 e. The normalized spacial score (nSPS) is 14.7. The maximum absolute atomic E-state index is 13.8. The molecule has 3 heterocycles. The van der Waals surface area contributed by atoms with Gasteiger partial charge in [-0.15, -0.1) is 11.5 Å². The summed E-state index contributed by atoms with van der Waals surface area (Å²) in [5.41, 5.74) is 5.62. The van der Waals surface area contributed by atoms with Gasteiger partial charge in [-0.3, -0.25) is 9.36 Å². The van der Waals surface area contributed by atoms with Gasteiger partial charge >= 0.3 is 5.97 Å². The quantitative estimate of drug-likeness (QED) is 0.227. The molecule has 0 amide bonds. The van der Waals surface area contributed by atoms with Crippen LogP contribution in [0.2, 0.25) is 0 Å². The minimum atomic E-state index is -0.629. The second kappa shape index (κ2) is 11.3. The van der Waals surface area contributed by atoms with Crippen LogP contribution in [0, 0.1) is 12.3 Å². The average Bonchev–Trinajstić information content (AvgIpc) is 3.62. The smallest absolute Gasteiger partial charge is 0.338 e. The summed E-state index contributed by atoms with van der Waals surface area (Å²) in [6.07, 6.45) is 9.13. The maximum atomic E-state index is 13.8. The largest absolute Gasteiger partial charge is 0.463 e. The third-order valence-corrected chi connectivity index (χ3v) is 7.91. The van der Waals surface area contributed by atoms with Gasteiger partial charge < -0.3 is 4.74 Å². The van der Waals surface area contributed by atoms with Crippen LogP contribution < -0.4 is 14.9 Å². The number of esters is 1. The molecule has 0 spiro atoms. The molecule has 206 valence electrons. The summed E-state index contributed by atoms with van der Waals surface area (Å²) in [6.45, 7) is 3.76. The number of ether oxygens (including phenoxy) is 1. The van der Waals surface area contributed by atoms with Crippen molar-refractivity contribution in [3.63, 3.8) is 0 Å². The first-order valence-corrected chi connectivity index (χ1v) is 14.1. The van der Waals surface area contributed by atoms with Gasteiger partial charge in [0.25, 0.3) is 5.56 Å². The Bertz CT molecular complexity index is 2050. The van der Waals surface area contributed by atoms with Crippen LogP contribution in [0.1, 0.15) is 36.6 Å². The molecule has 0 N–H and O–H groups in total. The van der Waals surface area contributed by atoms with Crippen LogP contribution in [-0.2, 0) is 9.53 Å². The van der Waals surface area contributed by atoms with E-state index >= 15 is 0 Å². The fraction of sp³-hybridized carbons (Fsp3) is 0.121. The van der Waals surface area contributed by atoms with Gasteiger partial charge in [0.15, 0.2) is 4.80 Å². The maximum Gasteiger partial charge on any atom is 0.338 e. The van der Waals surface area contributed by atoms with E-state index in [0.717, 1.165) is 33.6 Å². The molecule has 3 aromatic carbocycles. The summed E-state index contributed by atoms with van der Waals surface area (Å²) in [4.78, 5) is 31.9. The molecule has 0 aliphatic carbocycles. The topological polar surface area (TPSA) is 91.4 Å². The molecule has 0 fully saturated rings. The minimum absolute atomic E-state index is 0.220. The number of terminal acetylenes is 1. The zero-order valence-corrected chi connectivity index (χ0v) is 23.7. The predicted molar refractivity (Wildman–Crippen MR) is 162 cm³/mol. The molecule has 42 heavy (non-hydrogen) atoms. The van der Waals surface area contributed by atoms with Gasteiger partial charge in [-0.1, -0.05) is 77.1 Å². The highest BCUT2D eigenvalue weighted by atomic mass is 32.1. The number of hydrogen-bond donors (Lipinski definition) is 0. The van der Waals surface area contributed by atoms with E-state index in [4.69, 9.17) is 11.2 Å². The summed E-state index contributed by atoms with van der Waals surface area (Å²) in [7, 11) is 0. The lowest BCUT2D eigenvalue weighted by Gasteiger charge is -2.24. The fourth-order valence-electron chi connectivity index (χ4n) is 4.88. The van der Waals surface area contributed by atoms with Crippen LogP contribution in [-0.4, -0.2) is 32.1 Å². The van der Waals surface area contributed by atoms with E-state index in [1.807, 2.05) is 91.1 Å². The van der Waals surface area contributed by atoms with Gasteiger partial charge in [0, 0.05) is 11.1 Å². The number of hydrogen-bond acceptors (Lipinski definition) is 7. The van der Waals surface area contributed by atoms with E-state index < -0.39 is 12.0 Å². The zero-order valence-electron chi connectivity index (χ0n) is 22.9. The molecular formula is C33H25N5O3S. The fourth-order valence-corrected chi connectivity index (χ4v) is 5.92. The highest BCUT2D eigenvalue weighted by Gasteiger charge is 2.33. The first-order valence-electron chi connectivity index (χ1n) is 13.3. The summed E-state index contributed by atoms with van der Waals surface area (Å²) < 4.78 is 9.15. The van der Waals surface area contributed by atoms with Crippen LogP contribution in [0.4, 0.5) is 0 Å². The van der Waals surface area contributed by atoms with Crippen LogP contribution >= 0.6 is 11.3 Å². The zero-order chi connectivity index (χ0) is 29.2. The Kier molecular flexibility index (Phi) is 7.21. The van der Waals surface area contributed by atoms with Crippen molar-refractivity contribution in [3.05, 3.63) is 133 Å². The second-order valence-electron chi connectivity index (χ2n) is 9.57. The summed E-state index contributed by atoms with van der Waals surface area (Å²) in [5, 5.41) is 8.56. The van der Waals surface area contributed by atoms with Crippen molar-refractivity contribution >= 4 is 23.4 Å². The third kappa shape index (κ3) is 5.00.